The minimum atomic E-state index is 0. The summed E-state index contributed by atoms with van der Waals surface area (Å²) in [5.74, 6) is 0.799. The Morgan fingerprint density at radius 1 is 0.677 bits per heavy atom. The molecule has 1 fully saturated rings. The Hall–Kier alpha value is -2.35. The van der Waals surface area contributed by atoms with Crippen molar-refractivity contribution in [2.24, 2.45) is 0 Å². The summed E-state index contributed by atoms with van der Waals surface area (Å²) >= 11 is 0. The first-order valence-corrected chi connectivity index (χ1v) is 11.6. The average Bonchev–Trinajstić information content (AvgIpc) is 2.85. The summed E-state index contributed by atoms with van der Waals surface area (Å²) in [5.41, 5.74) is 7.36. The number of piperidine rings is 1. The Morgan fingerprint density at radius 3 is 2.29 bits per heavy atom. The van der Waals surface area contributed by atoms with Gasteiger partial charge in [-0.1, -0.05) is 78.9 Å². The van der Waals surface area contributed by atoms with E-state index in [1.165, 1.54) is 83.4 Å². The monoisotopic (exact) mass is 429 g/mol. The number of rotatable bonds is 1. The number of halogens is 1. The highest BCUT2D eigenvalue weighted by molar-refractivity contribution is 5.85. The second-order valence-corrected chi connectivity index (χ2v) is 8.70. The molecular formula is C29H32ClN. The van der Waals surface area contributed by atoms with Crippen molar-refractivity contribution < 1.29 is 0 Å². The molecule has 160 valence electrons. The van der Waals surface area contributed by atoms with Crippen molar-refractivity contribution in [2.75, 3.05) is 13.1 Å². The van der Waals surface area contributed by atoms with E-state index in [-0.39, 0.29) is 12.4 Å². The molecule has 0 unspecified atom stereocenters. The van der Waals surface area contributed by atoms with Crippen molar-refractivity contribution in [3.8, 4) is 11.1 Å². The van der Waals surface area contributed by atoms with Crippen LogP contribution in [-0.4, -0.2) is 13.1 Å². The molecule has 0 aromatic heterocycles. The largest absolute Gasteiger partial charge is 0.317 e. The van der Waals surface area contributed by atoms with E-state index < -0.39 is 0 Å². The van der Waals surface area contributed by atoms with Gasteiger partial charge >= 0.3 is 0 Å². The van der Waals surface area contributed by atoms with Gasteiger partial charge in [-0.05, 0) is 95.8 Å². The van der Waals surface area contributed by atoms with Gasteiger partial charge in [-0.3, -0.25) is 0 Å². The molecule has 2 heteroatoms. The molecule has 1 aliphatic heterocycles. The smallest absolute Gasteiger partial charge is 0.00431 e. The topological polar surface area (TPSA) is 12.0 Å². The van der Waals surface area contributed by atoms with Crippen LogP contribution in [-0.2, 0) is 12.8 Å². The van der Waals surface area contributed by atoms with E-state index in [4.69, 9.17) is 0 Å². The van der Waals surface area contributed by atoms with Gasteiger partial charge in [0.2, 0.25) is 0 Å². The minimum Gasteiger partial charge on any atom is -0.317 e. The zero-order valence-corrected chi connectivity index (χ0v) is 19.0. The maximum Gasteiger partial charge on any atom is -0.00431 e. The van der Waals surface area contributed by atoms with Crippen LogP contribution in [0, 0.1) is 0 Å². The summed E-state index contributed by atoms with van der Waals surface area (Å²) in [4.78, 5) is 0. The number of benzene rings is 3. The molecule has 0 amide bonds. The van der Waals surface area contributed by atoms with Gasteiger partial charge in [-0.15, -0.1) is 12.4 Å². The molecule has 1 saturated heterocycles. The summed E-state index contributed by atoms with van der Waals surface area (Å²) < 4.78 is 0. The Labute approximate surface area is 192 Å². The van der Waals surface area contributed by atoms with E-state index in [0.29, 0.717) is 0 Å². The molecular weight excluding hydrogens is 398 g/mol. The van der Waals surface area contributed by atoms with E-state index in [1.807, 2.05) is 0 Å². The predicted octanol–water partition coefficient (Wildman–Crippen LogP) is 5.38. The Bertz CT molecular complexity index is 1130. The fourth-order valence-electron chi connectivity index (χ4n) is 5.19. The SMILES string of the molecule is C1=c2c(ccc3c2=CCc2ccccc2-3)CCC1.Cl.c1ccc(C2CCNCC2)cc1. The molecule has 2 aliphatic carbocycles. The van der Waals surface area contributed by atoms with Gasteiger partial charge in [0, 0.05) is 0 Å². The first-order valence-electron chi connectivity index (χ1n) is 11.6. The van der Waals surface area contributed by atoms with E-state index in [1.54, 1.807) is 0 Å². The second kappa shape index (κ2) is 10.3. The van der Waals surface area contributed by atoms with E-state index >= 15 is 0 Å². The third kappa shape index (κ3) is 4.79. The van der Waals surface area contributed by atoms with E-state index in [2.05, 4.69) is 84.2 Å². The van der Waals surface area contributed by atoms with E-state index in [0.717, 1.165) is 12.3 Å². The van der Waals surface area contributed by atoms with Crippen molar-refractivity contribution in [3.05, 3.63) is 93.9 Å². The van der Waals surface area contributed by atoms with Crippen molar-refractivity contribution in [1.82, 2.24) is 5.32 Å². The molecule has 0 bridgehead atoms. The quantitative estimate of drug-likeness (QED) is 0.547. The van der Waals surface area contributed by atoms with Gasteiger partial charge in [0.15, 0.2) is 0 Å². The van der Waals surface area contributed by atoms with Gasteiger partial charge in [-0.25, -0.2) is 0 Å². The van der Waals surface area contributed by atoms with Crippen molar-refractivity contribution >= 4 is 24.6 Å². The van der Waals surface area contributed by atoms with Crippen molar-refractivity contribution in [2.45, 2.75) is 44.4 Å². The van der Waals surface area contributed by atoms with E-state index in [9.17, 15) is 0 Å². The summed E-state index contributed by atoms with van der Waals surface area (Å²) in [5, 5.41) is 6.37. The molecule has 0 spiro atoms. The normalized spacial score (nSPS) is 16.6. The minimum absolute atomic E-state index is 0. The third-order valence-corrected chi connectivity index (χ3v) is 6.82. The highest BCUT2D eigenvalue weighted by Gasteiger charge is 2.14. The van der Waals surface area contributed by atoms with Crippen LogP contribution in [0.1, 0.15) is 48.3 Å². The molecule has 0 saturated carbocycles. The first kappa shape index (κ1) is 21.9. The number of aryl methyl sites for hydroxylation is 1. The standard InChI is InChI=1S/C18H16.C11H15N.ClH/c1-3-7-15-13(5-1)9-11-18-16-8-4-2-6-14(16)10-12-17(15)18;1-2-4-10(5-3-1)11-6-8-12-9-7-11;/h1,3,5,7-8,10-12H,2,4,6,9H2;1-5,11-12H,6-9H2;1H. The predicted molar refractivity (Wildman–Crippen MR) is 135 cm³/mol. The van der Waals surface area contributed by atoms with Crippen LogP contribution in [0.15, 0.2) is 66.7 Å². The van der Waals surface area contributed by atoms with Gasteiger partial charge in [0.25, 0.3) is 0 Å². The van der Waals surface area contributed by atoms with Crippen LogP contribution >= 0.6 is 12.4 Å². The molecule has 3 aliphatic rings. The number of fused-ring (bicyclic) bond motifs is 5. The van der Waals surface area contributed by atoms with Gasteiger partial charge in [0.1, 0.15) is 0 Å². The Morgan fingerprint density at radius 2 is 1.45 bits per heavy atom. The first-order chi connectivity index (χ1) is 14.9. The van der Waals surface area contributed by atoms with Crippen LogP contribution in [0.5, 0.6) is 0 Å². The fraction of sp³-hybridized carbons (Fsp3) is 0.310. The lowest BCUT2D eigenvalue weighted by atomic mass is 9.87. The number of nitrogens with one attached hydrogen (secondary N) is 1. The van der Waals surface area contributed by atoms with Crippen molar-refractivity contribution in [1.29, 1.82) is 0 Å². The maximum absolute atomic E-state index is 3.38. The lowest BCUT2D eigenvalue weighted by molar-refractivity contribution is 0.460. The average molecular weight is 430 g/mol. The highest BCUT2D eigenvalue weighted by atomic mass is 35.5. The van der Waals surface area contributed by atoms with Crippen LogP contribution < -0.4 is 15.8 Å². The molecule has 1 heterocycles. The molecule has 3 aromatic carbocycles. The molecule has 31 heavy (non-hydrogen) atoms. The van der Waals surface area contributed by atoms with Gasteiger partial charge in [0.05, 0.1) is 0 Å². The Balaban J connectivity index is 0.000000156. The van der Waals surface area contributed by atoms with Crippen LogP contribution in [0.25, 0.3) is 23.3 Å². The molecule has 0 radical (unpaired) electrons. The van der Waals surface area contributed by atoms with Gasteiger partial charge < -0.3 is 5.32 Å². The second-order valence-electron chi connectivity index (χ2n) is 8.70. The number of hydrogen-bond acceptors (Lipinski definition) is 1. The Kier molecular flexibility index (Phi) is 7.27. The maximum atomic E-state index is 3.38. The molecule has 6 rings (SSSR count). The zero-order valence-electron chi connectivity index (χ0n) is 18.1. The summed E-state index contributed by atoms with van der Waals surface area (Å²) in [6.07, 6.45) is 12.3. The molecule has 1 nitrogen and oxygen atoms in total. The molecule has 3 aromatic rings. The lowest BCUT2D eigenvalue weighted by Crippen LogP contribution is -2.33. The molecule has 1 N–H and O–H groups in total. The van der Waals surface area contributed by atoms with Crippen LogP contribution in [0.3, 0.4) is 0 Å². The summed E-state index contributed by atoms with van der Waals surface area (Å²) in [7, 11) is 0. The fourth-order valence-corrected chi connectivity index (χ4v) is 5.19. The summed E-state index contributed by atoms with van der Waals surface area (Å²) in [6, 6.07) is 24.3. The molecule has 0 atom stereocenters. The number of hydrogen-bond donors (Lipinski definition) is 1. The van der Waals surface area contributed by atoms with Crippen molar-refractivity contribution in [3.63, 3.8) is 0 Å². The van der Waals surface area contributed by atoms with Crippen LogP contribution in [0.2, 0.25) is 0 Å². The van der Waals surface area contributed by atoms with Gasteiger partial charge in [-0.2, -0.15) is 0 Å². The highest BCUT2D eigenvalue weighted by Crippen LogP contribution is 2.25. The van der Waals surface area contributed by atoms with Crippen LogP contribution in [0.4, 0.5) is 0 Å². The third-order valence-electron chi connectivity index (χ3n) is 6.82. The summed E-state index contributed by atoms with van der Waals surface area (Å²) in [6.45, 7) is 2.36. The lowest BCUT2D eigenvalue weighted by Gasteiger charge is -2.22. The zero-order chi connectivity index (χ0) is 20.2.